The summed E-state index contributed by atoms with van der Waals surface area (Å²) >= 11 is 0. The van der Waals surface area contributed by atoms with Gasteiger partial charge in [-0.3, -0.25) is 4.79 Å². The number of benzene rings is 1. The summed E-state index contributed by atoms with van der Waals surface area (Å²) in [6.45, 7) is 1.86. The lowest BCUT2D eigenvalue weighted by atomic mass is 10.0. The number of unbranched alkanes of at least 4 members (excludes halogenated alkanes) is 2. The predicted molar refractivity (Wildman–Crippen MR) is 96.3 cm³/mol. The molecule has 0 radical (unpaired) electrons. The zero-order chi connectivity index (χ0) is 16.8. The molecule has 4 heteroatoms. The van der Waals surface area contributed by atoms with E-state index in [0.717, 1.165) is 50.9 Å². The average molecular weight is 330 g/mol. The van der Waals surface area contributed by atoms with Crippen molar-refractivity contribution in [3.05, 3.63) is 29.8 Å². The number of carbonyl (C=O) groups excluding carboxylic acids is 1. The second kappa shape index (κ2) is 8.52. The molecule has 2 aliphatic rings. The number of fused-ring (bicyclic) bond motifs is 2. The van der Waals surface area contributed by atoms with Crippen LogP contribution in [0.5, 0.6) is 5.75 Å². The summed E-state index contributed by atoms with van der Waals surface area (Å²) in [4.78, 5) is 14.5. The SMILES string of the molecule is COc1ccc(CCCCCC(=O)N2CCC3CCC(C2)N3)cc1. The van der Waals surface area contributed by atoms with Gasteiger partial charge in [-0.05, 0) is 56.2 Å². The number of amides is 1. The van der Waals surface area contributed by atoms with Crippen LogP contribution in [0.3, 0.4) is 0 Å². The highest BCUT2D eigenvalue weighted by atomic mass is 16.5. The maximum atomic E-state index is 12.4. The highest BCUT2D eigenvalue weighted by molar-refractivity contribution is 5.76. The summed E-state index contributed by atoms with van der Waals surface area (Å²) in [5.41, 5.74) is 1.34. The molecular formula is C20H30N2O2. The van der Waals surface area contributed by atoms with Crippen molar-refractivity contribution in [1.82, 2.24) is 10.2 Å². The molecule has 1 aromatic carbocycles. The van der Waals surface area contributed by atoms with Crippen molar-refractivity contribution in [2.75, 3.05) is 20.2 Å². The molecule has 0 aliphatic carbocycles. The average Bonchev–Trinajstić information content (AvgIpc) is 2.93. The van der Waals surface area contributed by atoms with Crippen molar-refractivity contribution in [2.45, 2.75) is 63.5 Å². The fraction of sp³-hybridized carbons (Fsp3) is 0.650. The highest BCUT2D eigenvalue weighted by Gasteiger charge is 2.30. The first-order chi connectivity index (χ1) is 11.7. The molecule has 1 amide bonds. The predicted octanol–water partition coefficient (Wildman–Crippen LogP) is 3.15. The van der Waals surface area contributed by atoms with E-state index in [0.29, 0.717) is 24.4 Å². The van der Waals surface area contributed by atoms with Gasteiger partial charge >= 0.3 is 0 Å². The number of carbonyl (C=O) groups is 1. The number of hydrogen-bond acceptors (Lipinski definition) is 3. The second-order valence-corrected chi connectivity index (χ2v) is 7.18. The molecule has 2 saturated heterocycles. The van der Waals surface area contributed by atoms with Crippen LogP contribution in [0.25, 0.3) is 0 Å². The van der Waals surface area contributed by atoms with Crippen LogP contribution < -0.4 is 10.1 Å². The number of hydrogen-bond donors (Lipinski definition) is 1. The molecule has 2 bridgehead atoms. The van der Waals surface area contributed by atoms with E-state index < -0.39 is 0 Å². The minimum absolute atomic E-state index is 0.355. The third-order valence-electron chi connectivity index (χ3n) is 5.39. The molecule has 0 spiro atoms. The number of rotatable bonds is 7. The molecule has 132 valence electrons. The van der Waals surface area contributed by atoms with E-state index in [1.807, 2.05) is 12.1 Å². The van der Waals surface area contributed by atoms with Crippen molar-refractivity contribution in [3.63, 3.8) is 0 Å². The number of likely N-dealkylation sites (tertiary alicyclic amines) is 1. The first kappa shape index (κ1) is 17.3. The van der Waals surface area contributed by atoms with E-state index >= 15 is 0 Å². The van der Waals surface area contributed by atoms with Gasteiger partial charge in [0.1, 0.15) is 5.75 Å². The molecule has 4 nitrogen and oxygen atoms in total. The zero-order valence-electron chi connectivity index (χ0n) is 14.8. The molecule has 2 unspecified atom stereocenters. The molecule has 2 heterocycles. The lowest BCUT2D eigenvalue weighted by Crippen LogP contribution is -2.38. The summed E-state index contributed by atoms with van der Waals surface area (Å²) in [5.74, 6) is 1.26. The monoisotopic (exact) mass is 330 g/mol. The first-order valence-corrected chi connectivity index (χ1v) is 9.41. The summed E-state index contributed by atoms with van der Waals surface area (Å²) in [7, 11) is 1.69. The third kappa shape index (κ3) is 4.73. The Morgan fingerprint density at radius 1 is 1.12 bits per heavy atom. The molecule has 3 rings (SSSR count). The molecular weight excluding hydrogens is 300 g/mol. The molecule has 0 saturated carbocycles. The Labute approximate surface area is 145 Å². The first-order valence-electron chi connectivity index (χ1n) is 9.41. The maximum absolute atomic E-state index is 12.4. The Balaban J connectivity index is 1.31. The van der Waals surface area contributed by atoms with Gasteiger partial charge in [-0.2, -0.15) is 0 Å². The van der Waals surface area contributed by atoms with E-state index in [4.69, 9.17) is 4.74 Å². The van der Waals surface area contributed by atoms with E-state index in [1.54, 1.807) is 7.11 Å². The fourth-order valence-corrected chi connectivity index (χ4v) is 3.90. The topological polar surface area (TPSA) is 41.6 Å². The van der Waals surface area contributed by atoms with E-state index in [9.17, 15) is 4.79 Å². The maximum Gasteiger partial charge on any atom is 0.222 e. The van der Waals surface area contributed by atoms with Crippen LogP contribution in [0, 0.1) is 0 Å². The standard InChI is InChI=1S/C20H30N2O2/c1-24-19-11-7-16(8-12-19)5-3-2-4-6-20(23)22-14-13-17-9-10-18(15-22)21-17/h7-8,11-12,17-18,21H,2-6,9-10,13-15H2,1H3. The van der Waals surface area contributed by atoms with Crippen LogP contribution in [0.15, 0.2) is 24.3 Å². The van der Waals surface area contributed by atoms with Gasteiger partial charge in [-0.25, -0.2) is 0 Å². The van der Waals surface area contributed by atoms with Gasteiger partial charge < -0.3 is 15.0 Å². The van der Waals surface area contributed by atoms with Crippen molar-refractivity contribution in [2.24, 2.45) is 0 Å². The summed E-state index contributed by atoms with van der Waals surface area (Å²) in [6, 6.07) is 9.47. The smallest absolute Gasteiger partial charge is 0.222 e. The number of ether oxygens (including phenoxy) is 1. The van der Waals surface area contributed by atoms with Crippen LogP contribution in [0.2, 0.25) is 0 Å². The Morgan fingerprint density at radius 2 is 1.92 bits per heavy atom. The highest BCUT2D eigenvalue weighted by Crippen LogP contribution is 2.21. The van der Waals surface area contributed by atoms with Crippen molar-refractivity contribution < 1.29 is 9.53 Å². The number of aryl methyl sites for hydroxylation is 1. The molecule has 1 N–H and O–H groups in total. The van der Waals surface area contributed by atoms with E-state index in [2.05, 4.69) is 22.3 Å². The van der Waals surface area contributed by atoms with Gasteiger partial charge in [0.05, 0.1) is 7.11 Å². The number of nitrogens with zero attached hydrogens (tertiary/aromatic N) is 1. The number of methoxy groups -OCH3 is 1. The third-order valence-corrected chi connectivity index (χ3v) is 5.39. The molecule has 2 fully saturated rings. The van der Waals surface area contributed by atoms with Crippen molar-refractivity contribution in [3.8, 4) is 5.75 Å². The minimum Gasteiger partial charge on any atom is -0.497 e. The van der Waals surface area contributed by atoms with Gasteiger partial charge in [-0.15, -0.1) is 0 Å². The van der Waals surface area contributed by atoms with Gasteiger partial charge in [0, 0.05) is 31.6 Å². The Kier molecular flexibility index (Phi) is 6.13. The van der Waals surface area contributed by atoms with Crippen LogP contribution in [0.4, 0.5) is 0 Å². The van der Waals surface area contributed by atoms with Crippen LogP contribution in [0.1, 0.15) is 50.5 Å². The molecule has 1 aromatic rings. The fourth-order valence-electron chi connectivity index (χ4n) is 3.90. The quantitative estimate of drug-likeness (QED) is 0.781. The number of nitrogens with one attached hydrogen (secondary N) is 1. The van der Waals surface area contributed by atoms with E-state index in [1.165, 1.54) is 18.4 Å². The van der Waals surface area contributed by atoms with Gasteiger partial charge in [0.15, 0.2) is 0 Å². The lowest BCUT2D eigenvalue weighted by Gasteiger charge is -2.24. The van der Waals surface area contributed by atoms with Crippen LogP contribution in [-0.4, -0.2) is 43.1 Å². The van der Waals surface area contributed by atoms with Crippen molar-refractivity contribution in [1.29, 1.82) is 0 Å². The molecule has 2 atom stereocenters. The summed E-state index contributed by atoms with van der Waals surface area (Å²) < 4.78 is 5.18. The lowest BCUT2D eigenvalue weighted by molar-refractivity contribution is -0.131. The van der Waals surface area contributed by atoms with Gasteiger partial charge in [-0.1, -0.05) is 18.6 Å². The second-order valence-electron chi connectivity index (χ2n) is 7.18. The summed E-state index contributed by atoms with van der Waals surface area (Å²) in [5, 5.41) is 3.64. The van der Waals surface area contributed by atoms with Gasteiger partial charge in [0.25, 0.3) is 0 Å². The van der Waals surface area contributed by atoms with Crippen molar-refractivity contribution >= 4 is 5.91 Å². The Morgan fingerprint density at radius 3 is 2.71 bits per heavy atom. The Bertz CT molecular complexity index is 529. The van der Waals surface area contributed by atoms with E-state index in [-0.39, 0.29) is 0 Å². The Hall–Kier alpha value is -1.55. The van der Waals surface area contributed by atoms with Crippen LogP contribution >= 0.6 is 0 Å². The zero-order valence-corrected chi connectivity index (χ0v) is 14.8. The minimum atomic E-state index is 0.355. The largest absolute Gasteiger partial charge is 0.497 e. The summed E-state index contributed by atoms with van der Waals surface area (Å²) in [6.07, 6.45) is 8.71. The normalized spacial score (nSPS) is 23.1. The van der Waals surface area contributed by atoms with Gasteiger partial charge in [0.2, 0.25) is 5.91 Å². The molecule has 0 aromatic heterocycles. The molecule has 24 heavy (non-hydrogen) atoms. The van der Waals surface area contributed by atoms with Crippen LogP contribution in [-0.2, 0) is 11.2 Å². The molecule has 2 aliphatic heterocycles.